The van der Waals surface area contributed by atoms with E-state index in [0.717, 1.165) is 56.2 Å². The first-order valence-electron chi connectivity index (χ1n) is 13.5. The van der Waals surface area contributed by atoms with Gasteiger partial charge in [0.2, 0.25) is 0 Å². The van der Waals surface area contributed by atoms with Crippen LogP contribution >= 0.6 is 11.8 Å². The van der Waals surface area contributed by atoms with Gasteiger partial charge in [-0.15, -0.1) is 0 Å². The first kappa shape index (κ1) is 24.1. The third-order valence-corrected chi connectivity index (χ3v) is 9.22. The first-order chi connectivity index (χ1) is 17.3. The Morgan fingerprint density at radius 2 is 1.83 bits per heavy atom. The quantitative estimate of drug-likeness (QED) is 0.393. The molecule has 7 heteroatoms. The second kappa shape index (κ2) is 8.93. The van der Waals surface area contributed by atoms with Gasteiger partial charge in [0.25, 0.3) is 0 Å². The number of ether oxygens (including phenoxy) is 1. The number of rotatable bonds is 2. The minimum absolute atomic E-state index is 0.165. The number of thioether (sulfide) groups is 1. The van der Waals surface area contributed by atoms with Crippen LogP contribution in [0.25, 0.3) is 0 Å². The van der Waals surface area contributed by atoms with Crippen LogP contribution in [0, 0.1) is 0 Å². The highest BCUT2D eigenvalue weighted by molar-refractivity contribution is 7.98. The fourth-order valence-electron chi connectivity index (χ4n) is 7.16. The molecule has 2 saturated heterocycles. The van der Waals surface area contributed by atoms with Gasteiger partial charge in [-0.3, -0.25) is 4.90 Å². The zero-order valence-electron chi connectivity index (χ0n) is 22.0. The highest BCUT2D eigenvalue weighted by Crippen LogP contribution is 2.48. The van der Waals surface area contributed by atoms with Crippen molar-refractivity contribution >= 4 is 23.7 Å². The summed E-state index contributed by atoms with van der Waals surface area (Å²) in [5.41, 5.74) is 5.40. The van der Waals surface area contributed by atoms with Crippen molar-refractivity contribution in [2.75, 3.05) is 24.2 Å². The molecule has 6 rings (SSSR count). The van der Waals surface area contributed by atoms with E-state index in [2.05, 4.69) is 35.4 Å². The summed E-state index contributed by atoms with van der Waals surface area (Å²) < 4.78 is 5.76. The number of hydrogen-bond donors (Lipinski definition) is 0. The molecule has 6 nitrogen and oxygen atoms in total. The zero-order chi connectivity index (χ0) is 25.1. The monoisotopic (exact) mass is 506 g/mol. The summed E-state index contributed by atoms with van der Waals surface area (Å²) in [6, 6.07) is 9.45. The maximum Gasteiger partial charge on any atom is 0.410 e. The third-order valence-electron chi connectivity index (χ3n) is 8.67. The van der Waals surface area contributed by atoms with Gasteiger partial charge in [-0.05, 0) is 89.5 Å². The molecule has 1 amide bonds. The van der Waals surface area contributed by atoms with E-state index in [1.807, 2.05) is 25.7 Å². The van der Waals surface area contributed by atoms with Crippen LogP contribution in [-0.2, 0) is 29.4 Å². The number of benzene rings is 1. The number of hydrogen-bond acceptors (Lipinski definition) is 6. The molecule has 3 atom stereocenters. The highest BCUT2D eigenvalue weighted by Gasteiger charge is 2.46. The average Bonchev–Trinajstić information content (AvgIpc) is 3.12. The molecule has 2 bridgehead atoms. The van der Waals surface area contributed by atoms with Gasteiger partial charge in [0.1, 0.15) is 11.4 Å². The van der Waals surface area contributed by atoms with E-state index < -0.39 is 5.60 Å². The number of aryl methyl sites for hydroxylation is 1. The summed E-state index contributed by atoms with van der Waals surface area (Å²) in [4.78, 5) is 27.6. The molecule has 3 heterocycles. The molecule has 4 aliphatic rings. The lowest BCUT2D eigenvalue weighted by Gasteiger charge is -2.45. The molecule has 1 aromatic heterocycles. The van der Waals surface area contributed by atoms with Crippen molar-refractivity contribution in [3.05, 3.63) is 46.6 Å². The lowest BCUT2D eigenvalue weighted by molar-refractivity contribution is 0.0122. The molecule has 2 aliphatic heterocycles. The molecular weight excluding hydrogens is 468 g/mol. The molecule has 2 fully saturated rings. The van der Waals surface area contributed by atoms with Crippen LogP contribution in [0.2, 0.25) is 0 Å². The van der Waals surface area contributed by atoms with Crippen LogP contribution in [0.15, 0.2) is 29.4 Å². The second-order valence-electron chi connectivity index (χ2n) is 12.1. The van der Waals surface area contributed by atoms with Crippen LogP contribution in [0.4, 0.5) is 10.6 Å². The lowest BCUT2D eigenvalue weighted by atomic mass is 9.62. The van der Waals surface area contributed by atoms with E-state index in [-0.39, 0.29) is 23.6 Å². The van der Waals surface area contributed by atoms with Crippen molar-refractivity contribution in [3.63, 3.8) is 0 Å². The number of amides is 1. The Labute approximate surface area is 219 Å². The molecule has 36 heavy (non-hydrogen) atoms. The summed E-state index contributed by atoms with van der Waals surface area (Å²) in [7, 11) is 0. The van der Waals surface area contributed by atoms with Crippen molar-refractivity contribution in [1.82, 2.24) is 14.9 Å². The number of anilines is 1. The Bertz CT molecular complexity index is 1160. The number of aromatic nitrogens is 2. The number of piperazine rings is 1. The van der Waals surface area contributed by atoms with Crippen LogP contribution in [0.3, 0.4) is 0 Å². The predicted octanol–water partition coefficient (Wildman–Crippen LogP) is 5.55. The van der Waals surface area contributed by atoms with Crippen molar-refractivity contribution in [2.45, 2.75) is 100 Å². The Hall–Kier alpha value is -2.28. The van der Waals surface area contributed by atoms with E-state index in [4.69, 9.17) is 14.7 Å². The van der Waals surface area contributed by atoms with E-state index in [0.29, 0.717) is 0 Å². The molecule has 0 N–H and O–H groups in total. The average molecular weight is 507 g/mol. The smallest absolute Gasteiger partial charge is 0.410 e. The Morgan fingerprint density at radius 1 is 1.08 bits per heavy atom. The summed E-state index contributed by atoms with van der Waals surface area (Å²) >= 11 is 1.64. The highest BCUT2D eigenvalue weighted by atomic mass is 32.2. The van der Waals surface area contributed by atoms with Crippen molar-refractivity contribution < 1.29 is 9.53 Å². The molecular formula is C29H38N4O2S. The fourth-order valence-corrected chi connectivity index (χ4v) is 7.54. The Morgan fingerprint density at radius 3 is 2.56 bits per heavy atom. The van der Waals surface area contributed by atoms with E-state index in [9.17, 15) is 4.79 Å². The third kappa shape index (κ3) is 4.17. The summed E-state index contributed by atoms with van der Waals surface area (Å²) in [6.45, 7) is 7.47. The molecule has 1 spiro atoms. The van der Waals surface area contributed by atoms with E-state index in [1.54, 1.807) is 17.3 Å². The van der Waals surface area contributed by atoms with Gasteiger partial charge < -0.3 is 9.64 Å². The molecule has 0 radical (unpaired) electrons. The normalized spacial score (nSPS) is 27.1. The minimum Gasteiger partial charge on any atom is -0.444 e. The second-order valence-corrected chi connectivity index (χ2v) is 12.9. The van der Waals surface area contributed by atoms with Gasteiger partial charge in [-0.2, -0.15) is 0 Å². The number of nitrogens with zero attached hydrogens (tertiary/aromatic N) is 4. The van der Waals surface area contributed by atoms with Gasteiger partial charge in [-0.25, -0.2) is 14.8 Å². The van der Waals surface area contributed by atoms with Gasteiger partial charge in [-0.1, -0.05) is 36.0 Å². The Balaban J connectivity index is 1.30. The van der Waals surface area contributed by atoms with Gasteiger partial charge in [0.15, 0.2) is 5.16 Å². The van der Waals surface area contributed by atoms with Crippen LogP contribution < -0.4 is 4.90 Å². The van der Waals surface area contributed by atoms with Crippen molar-refractivity contribution in [1.29, 1.82) is 0 Å². The van der Waals surface area contributed by atoms with Gasteiger partial charge in [0, 0.05) is 24.1 Å². The zero-order valence-corrected chi connectivity index (χ0v) is 22.9. The molecule has 1 unspecified atom stereocenters. The van der Waals surface area contributed by atoms with E-state index in [1.165, 1.54) is 36.1 Å². The maximum absolute atomic E-state index is 13.0. The molecule has 1 aromatic carbocycles. The fraction of sp³-hybridized carbons (Fsp3) is 0.621. The minimum atomic E-state index is -0.472. The summed E-state index contributed by atoms with van der Waals surface area (Å²) in [6.07, 6.45) is 10.9. The topological polar surface area (TPSA) is 58.6 Å². The molecule has 2 aliphatic carbocycles. The number of carbonyl (C=O) groups is 1. The molecule has 0 saturated carbocycles. The van der Waals surface area contributed by atoms with Crippen LogP contribution in [0.1, 0.15) is 75.3 Å². The standard InChI is InChI=1S/C29H38N4O2S/c1-28(2,3)35-27(34)33-20-11-12-21(33)18-32(17-20)25-22-13-15-29(16-24(22)30-26(31-25)36-4)14-7-9-19-8-5-6-10-23(19)29/h5-6,8,10,20-21H,7,9,11-18H2,1-4H3/t20-,21+,29?. The van der Waals surface area contributed by atoms with Crippen molar-refractivity contribution in [3.8, 4) is 0 Å². The predicted molar refractivity (Wildman–Crippen MR) is 144 cm³/mol. The maximum atomic E-state index is 13.0. The first-order valence-corrected chi connectivity index (χ1v) is 14.8. The molecule has 2 aromatic rings. The van der Waals surface area contributed by atoms with Crippen LogP contribution in [-0.4, -0.2) is 58.0 Å². The summed E-state index contributed by atoms with van der Waals surface area (Å²) in [5.74, 6) is 1.11. The van der Waals surface area contributed by atoms with E-state index >= 15 is 0 Å². The molecule has 192 valence electrons. The lowest BCUT2D eigenvalue weighted by Crippen LogP contribution is -2.57. The Kier molecular flexibility index (Phi) is 5.97. The number of carbonyl (C=O) groups excluding carboxylic acids is 1. The summed E-state index contributed by atoms with van der Waals surface area (Å²) in [5, 5.41) is 0.867. The van der Waals surface area contributed by atoms with Gasteiger partial charge in [0.05, 0.1) is 17.8 Å². The van der Waals surface area contributed by atoms with Crippen LogP contribution in [0.5, 0.6) is 0 Å². The largest absolute Gasteiger partial charge is 0.444 e. The SMILES string of the molecule is CSc1nc2c(c(N3C[C@H]4CC[C@@H](C3)N4C(=O)OC(C)(C)C)n1)CCC1(CCCc3ccccc31)C2. The number of fused-ring (bicyclic) bond motifs is 5. The van der Waals surface area contributed by atoms with Crippen molar-refractivity contribution in [2.24, 2.45) is 0 Å². The van der Waals surface area contributed by atoms with Gasteiger partial charge >= 0.3 is 6.09 Å².